The van der Waals surface area contributed by atoms with Crippen molar-refractivity contribution in [2.75, 3.05) is 13.2 Å². The van der Waals surface area contributed by atoms with E-state index in [1.165, 1.54) is 0 Å². The second-order valence-electron chi connectivity index (χ2n) is 4.27. The van der Waals surface area contributed by atoms with E-state index in [1.54, 1.807) is 31.2 Å². The zero-order valence-electron chi connectivity index (χ0n) is 11.6. The number of hydrogen-bond acceptors (Lipinski definition) is 5. The average molecular weight is 285 g/mol. The van der Waals surface area contributed by atoms with E-state index >= 15 is 0 Å². The number of rotatable bonds is 4. The maximum atomic E-state index is 11.9. The third-order valence-corrected chi connectivity index (χ3v) is 2.66. The number of aryl methyl sites for hydroxylation is 1. The minimum atomic E-state index is -0.183. The van der Waals surface area contributed by atoms with E-state index in [4.69, 9.17) is 9.63 Å². The Kier molecular flexibility index (Phi) is 5.07. The van der Waals surface area contributed by atoms with Gasteiger partial charge in [-0.25, -0.2) is 0 Å². The van der Waals surface area contributed by atoms with Gasteiger partial charge in [0.1, 0.15) is 6.61 Å². The van der Waals surface area contributed by atoms with Gasteiger partial charge in [0.25, 0.3) is 5.91 Å². The van der Waals surface area contributed by atoms with E-state index in [0.717, 1.165) is 5.56 Å². The van der Waals surface area contributed by atoms with Gasteiger partial charge in [-0.3, -0.25) is 4.79 Å². The molecule has 0 saturated heterocycles. The Morgan fingerprint density at radius 3 is 2.76 bits per heavy atom. The first-order valence-corrected chi connectivity index (χ1v) is 6.46. The Bertz CT molecular complexity index is 665. The second-order valence-corrected chi connectivity index (χ2v) is 4.27. The SMILES string of the molecule is Cc1nc(CCNC(=O)c2ccc(C#CCO)cc2)no1. The quantitative estimate of drug-likeness (QED) is 0.807. The van der Waals surface area contributed by atoms with Crippen molar-refractivity contribution in [1.82, 2.24) is 15.5 Å². The number of aliphatic hydroxyl groups is 1. The van der Waals surface area contributed by atoms with Gasteiger partial charge in [0.15, 0.2) is 5.82 Å². The molecule has 0 saturated carbocycles. The Labute approximate surface area is 122 Å². The third-order valence-electron chi connectivity index (χ3n) is 2.66. The number of nitrogens with zero attached hydrogens (tertiary/aromatic N) is 2. The van der Waals surface area contributed by atoms with Gasteiger partial charge in [-0.1, -0.05) is 17.0 Å². The highest BCUT2D eigenvalue weighted by Crippen LogP contribution is 2.03. The first-order chi connectivity index (χ1) is 10.2. The van der Waals surface area contributed by atoms with Crippen LogP contribution in [0.15, 0.2) is 28.8 Å². The van der Waals surface area contributed by atoms with Crippen molar-refractivity contribution in [3.63, 3.8) is 0 Å². The molecule has 6 heteroatoms. The molecule has 0 spiro atoms. The highest BCUT2D eigenvalue weighted by molar-refractivity contribution is 5.94. The Hall–Kier alpha value is -2.65. The van der Waals surface area contributed by atoms with Crippen molar-refractivity contribution in [2.24, 2.45) is 0 Å². The molecular weight excluding hydrogens is 270 g/mol. The highest BCUT2D eigenvalue weighted by atomic mass is 16.5. The van der Waals surface area contributed by atoms with E-state index in [-0.39, 0.29) is 12.5 Å². The monoisotopic (exact) mass is 285 g/mol. The van der Waals surface area contributed by atoms with E-state index in [1.807, 2.05) is 0 Å². The summed E-state index contributed by atoms with van der Waals surface area (Å²) in [7, 11) is 0. The summed E-state index contributed by atoms with van der Waals surface area (Å²) in [5.41, 5.74) is 1.30. The predicted octanol–water partition coefficient (Wildman–Crippen LogP) is 0.694. The number of hydrogen-bond donors (Lipinski definition) is 2. The zero-order valence-corrected chi connectivity index (χ0v) is 11.6. The molecule has 0 atom stereocenters. The van der Waals surface area contributed by atoms with Gasteiger partial charge in [0.05, 0.1) is 0 Å². The molecular formula is C15H15N3O3. The first-order valence-electron chi connectivity index (χ1n) is 6.46. The zero-order chi connectivity index (χ0) is 15.1. The summed E-state index contributed by atoms with van der Waals surface area (Å²) in [5.74, 6) is 6.23. The molecule has 6 nitrogen and oxygen atoms in total. The molecule has 0 bridgehead atoms. The fraction of sp³-hybridized carbons (Fsp3) is 0.267. The molecule has 0 aliphatic carbocycles. The van der Waals surface area contributed by atoms with Crippen LogP contribution in [0.4, 0.5) is 0 Å². The summed E-state index contributed by atoms with van der Waals surface area (Å²) in [6, 6.07) is 6.85. The molecule has 2 N–H and O–H groups in total. The molecule has 2 rings (SSSR count). The fourth-order valence-electron chi connectivity index (χ4n) is 1.68. The van der Waals surface area contributed by atoms with Crippen LogP contribution < -0.4 is 5.32 Å². The van der Waals surface area contributed by atoms with Crippen molar-refractivity contribution in [2.45, 2.75) is 13.3 Å². The first kappa shape index (κ1) is 14.8. The van der Waals surface area contributed by atoms with Gasteiger partial charge in [-0.2, -0.15) is 4.98 Å². The van der Waals surface area contributed by atoms with E-state index in [2.05, 4.69) is 27.3 Å². The topological polar surface area (TPSA) is 88.2 Å². The van der Waals surface area contributed by atoms with Crippen molar-refractivity contribution >= 4 is 5.91 Å². The van der Waals surface area contributed by atoms with E-state index in [9.17, 15) is 4.79 Å². The number of carbonyl (C=O) groups is 1. The molecule has 0 unspecified atom stereocenters. The predicted molar refractivity (Wildman–Crippen MR) is 75.5 cm³/mol. The van der Waals surface area contributed by atoms with Crippen molar-refractivity contribution in [3.8, 4) is 11.8 Å². The van der Waals surface area contributed by atoms with Crippen molar-refractivity contribution in [1.29, 1.82) is 0 Å². The van der Waals surface area contributed by atoms with E-state index < -0.39 is 0 Å². The van der Waals surface area contributed by atoms with Crippen LogP contribution in [0.5, 0.6) is 0 Å². The third kappa shape index (κ3) is 4.44. The number of benzene rings is 1. The van der Waals surface area contributed by atoms with Crippen LogP contribution in [0, 0.1) is 18.8 Å². The van der Waals surface area contributed by atoms with Gasteiger partial charge in [-0.05, 0) is 24.3 Å². The molecule has 1 amide bonds. The molecule has 2 aromatic rings. The lowest BCUT2D eigenvalue weighted by Crippen LogP contribution is -2.25. The fourth-order valence-corrected chi connectivity index (χ4v) is 1.68. The number of aliphatic hydroxyl groups excluding tert-OH is 1. The Balaban J connectivity index is 1.85. The molecule has 108 valence electrons. The van der Waals surface area contributed by atoms with Crippen molar-refractivity contribution in [3.05, 3.63) is 47.1 Å². The number of aromatic nitrogens is 2. The average Bonchev–Trinajstić information content (AvgIpc) is 2.91. The number of carbonyl (C=O) groups excluding carboxylic acids is 1. The van der Waals surface area contributed by atoms with Crippen LogP contribution in [-0.4, -0.2) is 34.3 Å². The normalized spacial score (nSPS) is 9.81. The van der Waals surface area contributed by atoms with Crippen LogP contribution in [0.25, 0.3) is 0 Å². The van der Waals surface area contributed by atoms with Crippen LogP contribution in [0.1, 0.15) is 27.6 Å². The summed E-state index contributed by atoms with van der Waals surface area (Å²) in [5, 5.41) is 15.1. The highest BCUT2D eigenvalue weighted by Gasteiger charge is 2.06. The molecule has 0 fully saturated rings. The molecule has 0 radical (unpaired) electrons. The second kappa shape index (κ2) is 7.22. The largest absolute Gasteiger partial charge is 0.384 e. The van der Waals surface area contributed by atoms with Gasteiger partial charge >= 0.3 is 0 Å². The molecule has 0 aliphatic heterocycles. The smallest absolute Gasteiger partial charge is 0.251 e. The van der Waals surface area contributed by atoms with Crippen molar-refractivity contribution < 1.29 is 14.4 Å². The van der Waals surface area contributed by atoms with Crippen LogP contribution >= 0.6 is 0 Å². The van der Waals surface area contributed by atoms with Gasteiger partial charge < -0.3 is 14.9 Å². The summed E-state index contributed by atoms with van der Waals surface area (Å²) >= 11 is 0. The number of amides is 1. The maximum absolute atomic E-state index is 11.9. The minimum absolute atomic E-state index is 0.170. The van der Waals surface area contributed by atoms with Crippen LogP contribution in [0.3, 0.4) is 0 Å². The van der Waals surface area contributed by atoms with Crippen LogP contribution in [0.2, 0.25) is 0 Å². The lowest BCUT2D eigenvalue weighted by molar-refractivity contribution is 0.0954. The lowest BCUT2D eigenvalue weighted by atomic mass is 10.1. The molecule has 21 heavy (non-hydrogen) atoms. The minimum Gasteiger partial charge on any atom is -0.384 e. The Morgan fingerprint density at radius 2 is 2.14 bits per heavy atom. The summed E-state index contributed by atoms with van der Waals surface area (Å²) < 4.78 is 4.85. The van der Waals surface area contributed by atoms with Gasteiger partial charge in [-0.15, -0.1) is 0 Å². The van der Waals surface area contributed by atoms with Gasteiger partial charge in [0, 0.05) is 31.0 Å². The Morgan fingerprint density at radius 1 is 1.38 bits per heavy atom. The molecule has 1 aromatic heterocycles. The van der Waals surface area contributed by atoms with Gasteiger partial charge in [0.2, 0.25) is 5.89 Å². The molecule has 0 aliphatic rings. The summed E-state index contributed by atoms with van der Waals surface area (Å²) in [6.07, 6.45) is 0.517. The summed E-state index contributed by atoms with van der Waals surface area (Å²) in [4.78, 5) is 16.0. The maximum Gasteiger partial charge on any atom is 0.251 e. The molecule has 1 heterocycles. The summed E-state index contributed by atoms with van der Waals surface area (Å²) in [6.45, 7) is 1.97. The lowest BCUT2D eigenvalue weighted by Gasteiger charge is -2.03. The van der Waals surface area contributed by atoms with E-state index in [0.29, 0.717) is 30.2 Å². The van der Waals surface area contributed by atoms with Crippen LogP contribution in [-0.2, 0) is 6.42 Å². The standard InChI is InChI=1S/C15H15N3O3/c1-11-17-14(18-21-11)8-9-16-15(20)13-6-4-12(5-7-13)3-2-10-19/h4-7,19H,8-10H2,1H3,(H,16,20). The number of nitrogens with one attached hydrogen (secondary N) is 1. The molecule has 1 aromatic carbocycles.